The fourth-order valence-corrected chi connectivity index (χ4v) is 2.56. The first-order valence-electron chi connectivity index (χ1n) is 7.61. The zero-order valence-electron chi connectivity index (χ0n) is 13.1. The molecule has 0 aromatic carbocycles. The molecule has 1 fully saturated rings. The van der Waals surface area contributed by atoms with E-state index in [1.165, 1.54) is 0 Å². The summed E-state index contributed by atoms with van der Waals surface area (Å²) >= 11 is 0. The Morgan fingerprint density at radius 2 is 1.76 bits per heavy atom. The number of anilines is 2. The molecule has 0 saturated carbocycles. The van der Waals surface area contributed by atoms with Gasteiger partial charge in [0.25, 0.3) is 0 Å². The van der Waals surface area contributed by atoms with Crippen molar-refractivity contribution in [2.24, 2.45) is 0 Å². The summed E-state index contributed by atoms with van der Waals surface area (Å²) in [5.74, 6) is 0.702. The van der Waals surface area contributed by atoms with Crippen LogP contribution in [-0.4, -0.2) is 46.3 Å². The average molecular weight is 349 g/mol. The Hall–Kier alpha value is -2.96. The van der Waals surface area contributed by atoms with Crippen LogP contribution in [0.15, 0.2) is 24.4 Å². The topological polar surface area (TPSA) is 81.8 Å². The van der Waals surface area contributed by atoms with Gasteiger partial charge in [0.1, 0.15) is 11.8 Å². The molecule has 1 saturated heterocycles. The maximum absolute atomic E-state index is 12.8. The monoisotopic (exact) mass is 349 g/mol. The van der Waals surface area contributed by atoms with E-state index in [-0.39, 0.29) is 11.6 Å². The summed E-state index contributed by atoms with van der Waals surface area (Å²) in [5, 5.41) is 16.6. The van der Waals surface area contributed by atoms with Gasteiger partial charge in [0.15, 0.2) is 11.5 Å². The van der Waals surface area contributed by atoms with Crippen molar-refractivity contribution in [2.75, 3.05) is 36.0 Å². The fraction of sp³-hybridized carbons (Fsp3) is 0.400. The number of hydrogen-bond donors (Lipinski definition) is 0. The Labute approximate surface area is 141 Å². The highest BCUT2D eigenvalue weighted by atomic mass is 19.4. The standard InChI is InChI=1S/C15H14F3N7/c16-15(17,18)12-4-5-20-14(21-12)25-7-1-6-24(8-9-25)13-3-2-11(10-19)22-23-13/h2-5H,1,6-9H2. The summed E-state index contributed by atoms with van der Waals surface area (Å²) in [6, 6.07) is 6.06. The number of halogens is 3. The third-order valence-corrected chi connectivity index (χ3v) is 3.80. The minimum Gasteiger partial charge on any atom is -0.353 e. The van der Waals surface area contributed by atoms with Crippen LogP contribution in [0.25, 0.3) is 0 Å². The molecular formula is C15H14F3N7. The molecule has 2 aromatic rings. The van der Waals surface area contributed by atoms with E-state index >= 15 is 0 Å². The average Bonchev–Trinajstić information content (AvgIpc) is 2.87. The highest BCUT2D eigenvalue weighted by Crippen LogP contribution is 2.28. The van der Waals surface area contributed by atoms with Crippen LogP contribution in [-0.2, 0) is 6.18 Å². The van der Waals surface area contributed by atoms with Crippen LogP contribution in [0, 0.1) is 11.3 Å². The molecular weight excluding hydrogens is 335 g/mol. The lowest BCUT2D eigenvalue weighted by atomic mass is 10.3. The predicted octanol–water partition coefficient (Wildman–Crippen LogP) is 1.87. The Morgan fingerprint density at radius 3 is 2.44 bits per heavy atom. The van der Waals surface area contributed by atoms with Crippen molar-refractivity contribution in [1.82, 2.24) is 20.2 Å². The van der Waals surface area contributed by atoms with Crippen molar-refractivity contribution < 1.29 is 13.2 Å². The molecule has 0 atom stereocenters. The second-order valence-electron chi connectivity index (χ2n) is 5.46. The van der Waals surface area contributed by atoms with Gasteiger partial charge in [-0.25, -0.2) is 9.97 Å². The molecule has 0 amide bonds. The normalized spacial score (nSPS) is 15.6. The third kappa shape index (κ3) is 3.93. The van der Waals surface area contributed by atoms with Crippen molar-refractivity contribution >= 4 is 11.8 Å². The zero-order chi connectivity index (χ0) is 17.9. The molecule has 3 rings (SSSR count). The second-order valence-corrected chi connectivity index (χ2v) is 5.46. The smallest absolute Gasteiger partial charge is 0.353 e. The SMILES string of the molecule is N#Cc1ccc(N2CCCN(c3nccc(C(F)(F)F)n3)CC2)nn1. The van der Waals surface area contributed by atoms with Gasteiger partial charge in [0.05, 0.1) is 0 Å². The van der Waals surface area contributed by atoms with E-state index in [1.807, 2.05) is 11.0 Å². The van der Waals surface area contributed by atoms with Gasteiger partial charge in [0, 0.05) is 32.4 Å². The highest BCUT2D eigenvalue weighted by molar-refractivity contribution is 5.41. The van der Waals surface area contributed by atoms with E-state index in [9.17, 15) is 13.2 Å². The van der Waals surface area contributed by atoms with Crippen LogP contribution in [0.4, 0.5) is 24.9 Å². The Kier molecular flexibility index (Phi) is 4.65. The summed E-state index contributed by atoms with van der Waals surface area (Å²) in [6.07, 6.45) is -2.66. The second kappa shape index (κ2) is 6.88. The van der Waals surface area contributed by atoms with Gasteiger partial charge in [-0.1, -0.05) is 0 Å². The highest BCUT2D eigenvalue weighted by Gasteiger charge is 2.33. The van der Waals surface area contributed by atoms with Crippen molar-refractivity contribution in [3.8, 4) is 6.07 Å². The zero-order valence-corrected chi connectivity index (χ0v) is 13.1. The largest absolute Gasteiger partial charge is 0.433 e. The Morgan fingerprint density at radius 1 is 1.00 bits per heavy atom. The molecule has 25 heavy (non-hydrogen) atoms. The number of aromatic nitrogens is 4. The lowest BCUT2D eigenvalue weighted by molar-refractivity contribution is -0.141. The lowest BCUT2D eigenvalue weighted by Gasteiger charge is -2.22. The molecule has 2 aromatic heterocycles. The van der Waals surface area contributed by atoms with E-state index in [2.05, 4.69) is 20.2 Å². The third-order valence-electron chi connectivity index (χ3n) is 3.80. The van der Waals surface area contributed by atoms with Crippen LogP contribution in [0.5, 0.6) is 0 Å². The number of nitriles is 1. The summed E-state index contributed by atoms with van der Waals surface area (Å²) in [5.41, 5.74) is -0.714. The molecule has 3 heterocycles. The molecule has 0 aliphatic carbocycles. The van der Waals surface area contributed by atoms with Crippen LogP contribution in [0.3, 0.4) is 0 Å². The number of alkyl halides is 3. The van der Waals surface area contributed by atoms with Crippen LogP contribution in [0.1, 0.15) is 17.8 Å². The van der Waals surface area contributed by atoms with Crippen molar-refractivity contribution in [3.05, 3.63) is 35.8 Å². The maximum atomic E-state index is 12.8. The predicted molar refractivity (Wildman–Crippen MR) is 82.8 cm³/mol. The van der Waals surface area contributed by atoms with Gasteiger partial charge in [-0.05, 0) is 24.6 Å². The number of hydrogen-bond acceptors (Lipinski definition) is 7. The van der Waals surface area contributed by atoms with E-state index < -0.39 is 11.9 Å². The van der Waals surface area contributed by atoms with Crippen LogP contribution in [0.2, 0.25) is 0 Å². The van der Waals surface area contributed by atoms with Gasteiger partial charge in [-0.15, -0.1) is 10.2 Å². The minimum atomic E-state index is -4.49. The molecule has 0 N–H and O–H groups in total. The van der Waals surface area contributed by atoms with Gasteiger partial charge < -0.3 is 9.80 Å². The molecule has 1 aliphatic rings. The quantitative estimate of drug-likeness (QED) is 0.818. The van der Waals surface area contributed by atoms with E-state index in [1.54, 1.807) is 17.0 Å². The molecule has 0 radical (unpaired) electrons. The van der Waals surface area contributed by atoms with Gasteiger partial charge in [-0.2, -0.15) is 18.4 Å². The summed E-state index contributed by atoms with van der Waals surface area (Å²) < 4.78 is 38.4. The Bertz CT molecular complexity index is 770. The number of rotatable bonds is 2. The summed E-state index contributed by atoms with van der Waals surface area (Å²) in [6.45, 7) is 2.22. The van der Waals surface area contributed by atoms with Crippen molar-refractivity contribution in [1.29, 1.82) is 5.26 Å². The van der Waals surface area contributed by atoms with Gasteiger partial charge >= 0.3 is 6.18 Å². The van der Waals surface area contributed by atoms with E-state index in [4.69, 9.17) is 5.26 Å². The van der Waals surface area contributed by atoms with Crippen LogP contribution >= 0.6 is 0 Å². The van der Waals surface area contributed by atoms with E-state index in [0.29, 0.717) is 38.4 Å². The molecule has 0 unspecified atom stereocenters. The molecule has 1 aliphatic heterocycles. The Balaban J connectivity index is 1.72. The molecule has 130 valence electrons. The van der Waals surface area contributed by atoms with Gasteiger partial charge in [0.2, 0.25) is 5.95 Å². The molecule has 0 bridgehead atoms. The summed E-state index contributed by atoms with van der Waals surface area (Å²) in [4.78, 5) is 11.3. The van der Waals surface area contributed by atoms with Crippen LogP contribution < -0.4 is 9.80 Å². The lowest BCUT2D eigenvalue weighted by Crippen LogP contribution is -2.32. The summed E-state index contributed by atoms with van der Waals surface area (Å²) in [7, 11) is 0. The van der Waals surface area contributed by atoms with Crippen molar-refractivity contribution in [2.45, 2.75) is 12.6 Å². The van der Waals surface area contributed by atoms with Gasteiger partial charge in [-0.3, -0.25) is 0 Å². The first-order chi connectivity index (χ1) is 12.0. The molecule has 10 heteroatoms. The molecule has 0 spiro atoms. The van der Waals surface area contributed by atoms with E-state index in [0.717, 1.165) is 12.3 Å². The molecule has 7 nitrogen and oxygen atoms in total. The first-order valence-corrected chi connectivity index (χ1v) is 7.61. The fourth-order valence-electron chi connectivity index (χ4n) is 2.56. The maximum Gasteiger partial charge on any atom is 0.433 e. The minimum absolute atomic E-state index is 0.0718. The number of nitrogens with zero attached hydrogens (tertiary/aromatic N) is 7. The van der Waals surface area contributed by atoms with Crippen molar-refractivity contribution in [3.63, 3.8) is 0 Å². The first kappa shape index (κ1) is 16.9.